The Morgan fingerprint density at radius 3 is 2.23 bits per heavy atom. The Kier molecular flexibility index (Phi) is 7.55. The first kappa shape index (κ1) is 21.0. The van der Waals surface area contributed by atoms with Crippen molar-refractivity contribution in [2.75, 3.05) is 6.54 Å². The molecule has 2 N–H and O–H groups in total. The number of nitrogens with one attached hydrogen (secondary N) is 2. The van der Waals surface area contributed by atoms with Gasteiger partial charge in [-0.05, 0) is 42.3 Å². The van der Waals surface area contributed by atoms with Crippen molar-refractivity contribution in [3.05, 3.63) is 89.6 Å². The number of benzene rings is 2. The van der Waals surface area contributed by atoms with E-state index in [9.17, 15) is 9.59 Å². The number of nitrogens with zero attached hydrogens (tertiary/aromatic N) is 1. The first-order valence-electron chi connectivity index (χ1n) is 10.00. The average molecular weight is 403 g/mol. The van der Waals surface area contributed by atoms with Crippen LogP contribution in [-0.4, -0.2) is 23.3 Å². The van der Waals surface area contributed by atoms with Gasteiger partial charge in [-0.2, -0.15) is 0 Å². The summed E-state index contributed by atoms with van der Waals surface area (Å²) in [4.78, 5) is 28.6. The Labute approximate surface area is 176 Å². The fraction of sp³-hybridized carbons (Fsp3) is 0.208. The highest BCUT2D eigenvalue weighted by Crippen LogP contribution is 2.18. The van der Waals surface area contributed by atoms with Crippen LogP contribution in [0.15, 0.2) is 72.9 Å². The molecule has 0 aliphatic carbocycles. The van der Waals surface area contributed by atoms with E-state index in [2.05, 4.69) is 22.5 Å². The number of pyridine rings is 1. The highest BCUT2D eigenvalue weighted by atomic mass is 16.5. The molecule has 30 heavy (non-hydrogen) atoms. The zero-order chi connectivity index (χ0) is 21.2. The van der Waals surface area contributed by atoms with Gasteiger partial charge in [-0.3, -0.25) is 9.59 Å². The van der Waals surface area contributed by atoms with Crippen LogP contribution in [0.4, 0.5) is 0 Å². The highest BCUT2D eigenvalue weighted by Gasteiger charge is 2.08. The van der Waals surface area contributed by atoms with Gasteiger partial charge in [0.05, 0.1) is 5.56 Å². The van der Waals surface area contributed by atoms with Crippen LogP contribution in [-0.2, 0) is 6.54 Å². The van der Waals surface area contributed by atoms with E-state index in [-0.39, 0.29) is 11.8 Å². The molecule has 3 aromatic rings. The van der Waals surface area contributed by atoms with E-state index >= 15 is 0 Å². The van der Waals surface area contributed by atoms with Gasteiger partial charge in [0.25, 0.3) is 11.8 Å². The molecule has 3 rings (SSSR count). The number of carbonyl (C=O) groups excluding carboxylic acids is 2. The molecule has 2 amide bonds. The fourth-order valence-electron chi connectivity index (χ4n) is 2.72. The molecule has 0 radical (unpaired) electrons. The number of unbranched alkanes of at least 4 members (excludes halogenated alkanes) is 1. The molecule has 0 unspecified atom stereocenters. The minimum Gasteiger partial charge on any atom is -0.439 e. The first-order chi connectivity index (χ1) is 14.7. The van der Waals surface area contributed by atoms with Crippen molar-refractivity contribution in [1.29, 1.82) is 0 Å². The molecule has 0 spiro atoms. The molecule has 0 atom stereocenters. The predicted octanol–water partition coefficient (Wildman–Crippen LogP) is 4.33. The SMILES string of the molecule is CCCCNC(=O)c1ccc(CNC(=O)c2ccc(Oc3ccccc3)nc2)cc1. The third kappa shape index (κ3) is 6.17. The van der Waals surface area contributed by atoms with Crippen molar-refractivity contribution in [2.24, 2.45) is 0 Å². The summed E-state index contributed by atoms with van der Waals surface area (Å²) in [7, 11) is 0. The molecule has 6 heteroatoms. The third-order valence-electron chi connectivity index (χ3n) is 4.45. The predicted molar refractivity (Wildman–Crippen MR) is 116 cm³/mol. The van der Waals surface area contributed by atoms with Gasteiger partial charge < -0.3 is 15.4 Å². The van der Waals surface area contributed by atoms with Gasteiger partial charge in [0, 0.05) is 30.9 Å². The second-order valence-corrected chi connectivity index (χ2v) is 6.79. The van der Waals surface area contributed by atoms with Crippen LogP contribution < -0.4 is 15.4 Å². The van der Waals surface area contributed by atoms with E-state index < -0.39 is 0 Å². The van der Waals surface area contributed by atoms with Crippen molar-refractivity contribution in [3.8, 4) is 11.6 Å². The quantitative estimate of drug-likeness (QED) is 0.521. The van der Waals surface area contributed by atoms with Crippen LogP contribution in [0.5, 0.6) is 11.6 Å². The van der Waals surface area contributed by atoms with Crippen molar-refractivity contribution < 1.29 is 14.3 Å². The standard InChI is InChI=1S/C24H25N3O3/c1-2-3-15-25-23(28)19-11-9-18(10-12-19)16-27-24(29)20-13-14-22(26-17-20)30-21-7-5-4-6-8-21/h4-14,17H,2-3,15-16H2,1H3,(H,25,28)(H,27,29). The van der Waals surface area contributed by atoms with Crippen LogP contribution in [0.25, 0.3) is 0 Å². The normalized spacial score (nSPS) is 10.3. The van der Waals surface area contributed by atoms with E-state index in [1.54, 1.807) is 24.3 Å². The Bertz CT molecular complexity index is 955. The summed E-state index contributed by atoms with van der Waals surface area (Å²) in [6.07, 6.45) is 3.48. The summed E-state index contributed by atoms with van der Waals surface area (Å²) < 4.78 is 5.63. The fourth-order valence-corrected chi connectivity index (χ4v) is 2.72. The highest BCUT2D eigenvalue weighted by molar-refractivity contribution is 5.94. The van der Waals surface area contributed by atoms with Gasteiger partial charge >= 0.3 is 0 Å². The second-order valence-electron chi connectivity index (χ2n) is 6.79. The van der Waals surface area contributed by atoms with Crippen molar-refractivity contribution in [1.82, 2.24) is 15.6 Å². The Morgan fingerprint density at radius 2 is 1.57 bits per heavy atom. The lowest BCUT2D eigenvalue weighted by molar-refractivity contribution is 0.0942. The van der Waals surface area contributed by atoms with Gasteiger partial charge in [-0.1, -0.05) is 43.7 Å². The smallest absolute Gasteiger partial charge is 0.253 e. The van der Waals surface area contributed by atoms with E-state index in [0.29, 0.717) is 35.8 Å². The van der Waals surface area contributed by atoms with Gasteiger partial charge in [-0.15, -0.1) is 0 Å². The Morgan fingerprint density at radius 1 is 0.867 bits per heavy atom. The van der Waals surface area contributed by atoms with Crippen molar-refractivity contribution in [3.63, 3.8) is 0 Å². The number of hydrogen-bond donors (Lipinski definition) is 2. The molecule has 2 aromatic carbocycles. The second kappa shape index (κ2) is 10.8. The summed E-state index contributed by atoms with van der Waals surface area (Å²) in [5.74, 6) is 0.799. The molecular weight excluding hydrogens is 378 g/mol. The summed E-state index contributed by atoms with van der Waals surface area (Å²) in [6, 6.07) is 19.9. The summed E-state index contributed by atoms with van der Waals surface area (Å²) >= 11 is 0. The molecule has 0 bridgehead atoms. The van der Waals surface area contributed by atoms with Gasteiger partial charge in [0.2, 0.25) is 5.88 Å². The lowest BCUT2D eigenvalue weighted by atomic mass is 10.1. The summed E-state index contributed by atoms with van der Waals surface area (Å²) in [5, 5.41) is 5.74. The number of carbonyl (C=O) groups is 2. The molecule has 1 aromatic heterocycles. The van der Waals surface area contributed by atoms with E-state index in [0.717, 1.165) is 18.4 Å². The minimum absolute atomic E-state index is 0.0806. The summed E-state index contributed by atoms with van der Waals surface area (Å²) in [5.41, 5.74) is 1.96. The van der Waals surface area contributed by atoms with Crippen molar-refractivity contribution >= 4 is 11.8 Å². The summed E-state index contributed by atoms with van der Waals surface area (Å²) in [6.45, 7) is 3.12. The van der Waals surface area contributed by atoms with Crippen LogP contribution >= 0.6 is 0 Å². The van der Waals surface area contributed by atoms with Crippen LogP contribution in [0.2, 0.25) is 0 Å². The zero-order valence-electron chi connectivity index (χ0n) is 16.9. The van der Waals surface area contributed by atoms with Crippen LogP contribution in [0.1, 0.15) is 46.0 Å². The third-order valence-corrected chi connectivity index (χ3v) is 4.45. The molecule has 6 nitrogen and oxygen atoms in total. The molecule has 0 saturated heterocycles. The number of aromatic nitrogens is 1. The average Bonchev–Trinajstić information content (AvgIpc) is 2.79. The maximum Gasteiger partial charge on any atom is 0.253 e. The van der Waals surface area contributed by atoms with E-state index in [1.165, 1.54) is 6.20 Å². The molecule has 0 aliphatic rings. The monoisotopic (exact) mass is 403 g/mol. The van der Waals surface area contributed by atoms with Gasteiger partial charge in [-0.25, -0.2) is 4.98 Å². The van der Waals surface area contributed by atoms with Crippen LogP contribution in [0.3, 0.4) is 0 Å². The van der Waals surface area contributed by atoms with Crippen LogP contribution in [0, 0.1) is 0 Å². The number of hydrogen-bond acceptors (Lipinski definition) is 4. The Balaban J connectivity index is 1.49. The minimum atomic E-state index is -0.227. The van der Waals surface area contributed by atoms with E-state index in [1.807, 2.05) is 42.5 Å². The molecule has 1 heterocycles. The maximum atomic E-state index is 12.4. The van der Waals surface area contributed by atoms with Gasteiger partial charge in [0.1, 0.15) is 5.75 Å². The molecule has 0 fully saturated rings. The maximum absolute atomic E-state index is 12.4. The molecule has 0 saturated carbocycles. The lowest BCUT2D eigenvalue weighted by Gasteiger charge is -2.08. The lowest BCUT2D eigenvalue weighted by Crippen LogP contribution is -2.24. The number of rotatable bonds is 9. The largest absolute Gasteiger partial charge is 0.439 e. The molecular formula is C24H25N3O3. The number of para-hydroxylation sites is 1. The molecule has 154 valence electrons. The van der Waals surface area contributed by atoms with E-state index in [4.69, 9.17) is 4.74 Å². The zero-order valence-corrected chi connectivity index (χ0v) is 16.9. The number of amides is 2. The topological polar surface area (TPSA) is 80.3 Å². The van der Waals surface area contributed by atoms with Crippen molar-refractivity contribution in [2.45, 2.75) is 26.3 Å². The first-order valence-corrected chi connectivity index (χ1v) is 10.00. The Hall–Kier alpha value is -3.67. The molecule has 0 aliphatic heterocycles. The van der Waals surface area contributed by atoms with Gasteiger partial charge in [0.15, 0.2) is 0 Å². The number of ether oxygens (including phenoxy) is 1.